The number of alkyl halides is 1. The van der Waals surface area contributed by atoms with Gasteiger partial charge in [0.05, 0.1) is 18.2 Å². The third-order valence-electron chi connectivity index (χ3n) is 2.72. The molecule has 0 amide bonds. The van der Waals surface area contributed by atoms with Crippen molar-refractivity contribution >= 4 is 17.4 Å². The third-order valence-corrected chi connectivity index (χ3v) is 3.24. The summed E-state index contributed by atoms with van der Waals surface area (Å²) in [4.78, 5) is 8.23. The quantitative estimate of drug-likeness (QED) is 0.799. The molecule has 15 heavy (non-hydrogen) atoms. The first-order valence-electron chi connectivity index (χ1n) is 4.90. The Morgan fingerprint density at radius 1 is 1.53 bits per heavy atom. The lowest BCUT2D eigenvalue weighted by Gasteiger charge is -2.16. The average Bonchev–Trinajstić information content (AvgIpc) is 3.02. The summed E-state index contributed by atoms with van der Waals surface area (Å²) in [6, 6.07) is 0. The van der Waals surface area contributed by atoms with Gasteiger partial charge in [0.25, 0.3) is 0 Å². The van der Waals surface area contributed by atoms with E-state index in [1.165, 1.54) is 6.33 Å². The first kappa shape index (κ1) is 10.5. The molecule has 0 spiro atoms. The molecule has 5 heteroatoms. The number of hydrogen-bond donors (Lipinski definition) is 1. The van der Waals surface area contributed by atoms with Gasteiger partial charge in [0.2, 0.25) is 5.88 Å². The molecule has 0 unspecified atom stereocenters. The molecule has 1 aromatic rings. The first-order valence-corrected chi connectivity index (χ1v) is 5.44. The van der Waals surface area contributed by atoms with Crippen molar-refractivity contribution in [1.82, 2.24) is 9.97 Å². The van der Waals surface area contributed by atoms with Crippen molar-refractivity contribution in [2.75, 3.05) is 18.3 Å². The van der Waals surface area contributed by atoms with Gasteiger partial charge in [-0.3, -0.25) is 0 Å². The van der Waals surface area contributed by atoms with Gasteiger partial charge in [0.1, 0.15) is 12.1 Å². The van der Waals surface area contributed by atoms with Crippen LogP contribution in [0, 0.1) is 6.92 Å². The molecular weight excluding hydrogens is 214 g/mol. The van der Waals surface area contributed by atoms with Crippen molar-refractivity contribution in [2.45, 2.75) is 25.3 Å². The maximum absolute atomic E-state index is 5.89. The highest BCUT2D eigenvalue weighted by Gasteiger charge is 2.42. The number of rotatable bonds is 4. The second kappa shape index (κ2) is 3.85. The van der Waals surface area contributed by atoms with Crippen LogP contribution < -0.4 is 10.1 Å². The Morgan fingerprint density at radius 3 is 2.80 bits per heavy atom. The lowest BCUT2D eigenvalue weighted by Crippen LogP contribution is -2.24. The van der Waals surface area contributed by atoms with E-state index in [2.05, 4.69) is 15.3 Å². The summed E-state index contributed by atoms with van der Waals surface area (Å²) in [6.45, 7) is 1.94. The van der Waals surface area contributed by atoms with Gasteiger partial charge in [0, 0.05) is 5.88 Å². The van der Waals surface area contributed by atoms with Gasteiger partial charge < -0.3 is 10.1 Å². The van der Waals surface area contributed by atoms with Crippen LogP contribution in [-0.4, -0.2) is 28.5 Å². The molecule has 4 nitrogen and oxygen atoms in total. The van der Waals surface area contributed by atoms with Gasteiger partial charge in [-0.25, -0.2) is 9.97 Å². The van der Waals surface area contributed by atoms with Crippen LogP contribution in [0.1, 0.15) is 18.4 Å². The minimum absolute atomic E-state index is 0.0473. The fourth-order valence-electron chi connectivity index (χ4n) is 1.46. The highest BCUT2D eigenvalue weighted by molar-refractivity contribution is 6.19. The predicted octanol–water partition coefficient (Wildman–Crippen LogP) is 1.98. The van der Waals surface area contributed by atoms with Gasteiger partial charge in [0.15, 0.2) is 0 Å². The van der Waals surface area contributed by atoms with Crippen LogP contribution in [0.5, 0.6) is 5.88 Å². The highest BCUT2D eigenvalue weighted by Crippen LogP contribution is 2.40. The van der Waals surface area contributed by atoms with E-state index < -0.39 is 0 Å². The molecule has 0 atom stereocenters. The van der Waals surface area contributed by atoms with E-state index >= 15 is 0 Å². The Balaban J connectivity index is 2.21. The van der Waals surface area contributed by atoms with E-state index in [-0.39, 0.29) is 5.54 Å². The molecule has 0 bridgehead atoms. The summed E-state index contributed by atoms with van der Waals surface area (Å²) >= 11 is 5.89. The van der Waals surface area contributed by atoms with Gasteiger partial charge in [-0.05, 0) is 19.8 Å². The van der Waals surface area contributed by atoms with E-state index in [1.807, 2.05) is 6.92 Å². The summed E-state index contributed by atoms with van der Waals surface area (Å²) in [5.41, 5.74) is 0.975. The first-order chi connectivity index (χ1) is 7.21. The van der Waals surface area contributed by atoms with Crippen molar-refractivity contribution in [3.05, 3.63) is 11.9 Å². The largest absolute Gasteiger partial charge is 0.481 e. The SMILES string of the molecule is COc1ncnc(NC2(CCl)CC2)c1C. The van der Waals surface area contributed by atoms with E-state index in [0.717, 1.165) is 24.2 Å². The number of methoxy groups -OCH3 is 1. The third kappa shape index (κ3) is 2.00. The summed E-state index contributed by atoms with van der Waals surface area (Å²) < 4.78 is 5.13. The molecule has 0 aliphatic heterocycles. The molecule has 1 saturated carbocycles. The van der Waals surface area contributed by atoms with E-state index in [1.54, 1.807) is 7.11 Å². The highest BCUT2D eigenvalue weighted by atomic mass is 35.5. The molecule has 0 saturated heterocycles. The van der Waals surface area contributed by atoms with Crippen molar-refractivity contribution in [3.63, 3.8) is 0 Å². The van der Waals surface area contributed by atoms with E-state index in [0.29, 0.717) is 11.8 Å². The smallest absolute Gasteiger partial charge is 0.221 e. The Bertz CT molecular complexity index is 366. The molecule has 2 rings (SSSR count). The van der Waals surface area contributed by atoms with Crippen molar-refractivity contribution in [3.8, 4) is 5.88 Å². The van der Waals surface area contributed by atoms with Crippen LogP contribution in [0.3, 0.4) is 0 Å². The number of aromatic nitrogens is 2. The number of anilines is 1. The van der Waals surface area contributed by atoms with E-state index in [9.17, 15) is 0 Å². The molecule has 1 aliphatic rings. The Kier molecular flexibility index (Phi) is 2.69. The topological polar surface area (TPSA) is 47.0 Å². The lowest BCUT2D eigenvalue weighted by molar-refractivity contribution is 0.393. The maximum atomic E-state index is 5.89. The number of nitrogens with one attached hydrogen (secondary N) is 1. The van der Waals surface area contributed by atoms with Crippen LogP contribution >= 0.6 is 11.6 Å². The number of nitrogens with zero attached hydrogens (tertiary/aromatic N) is 2. The Hall–Kier alpha value is -1.03. The molecule has 0 radical (unpaired) electrons. The van der Waals surface area contributed by atoms with Gasteiger partial charge >= 0.3 is 0 Å². The van der Waals surface area contributed by atoms with Gasteiger partial charge in [-0.15, -0.1) is 11.6 Å². The molecule has 1 aliphatic carbocycles. The zero-order valence-corrected chi connectivity index (χ0v) is 9.64. The second-order valence-electron chi connectivity index (χ2n) is 3.90. The van der Waals surface area contributed by atoms with Crippen molar-refractivity contribution in [1.29, 1.82) is 0 Å². The molecule has 0 aromatic carbocycles. The molecule has 1 heterocycles. The van der Waals surface area contributed by atoms with Crippen LogP contribution in [0.4, 0.5) is 5.82 Å². The summed E-state index contributed by atoms with van der Waals surface area (Å²) in [5.74, 6) is 2.04. The van der Waals surface area contributed by atoms with Crippen molar-refractivity contribution in [2.24, 2.45) is 0 Å². The molecule has 1 N–H and O–H groups in total. The lowest BCUT2D eigenvalue weighted by atomic mass is 10.2. The zero-order valence-electron chi connectivity index (χ0n) is 8.88. The summed E-state index contributed by atoms with van der Waals surface area (Å²) in [5, 5.41) is 3.36. The summed E-state index contributed by atoms with van der Waals surface area (Å²) in [7, 11) is 1.60. The van der Waals surface area contributed by atoms with Gasteiger partial charge in [-0.1, -0.05) is 0 Å². The van der Waals surface area contributed by atoms with Crippen LogP contribution in [-0.2, 0) is 0 Å². The maximum Gasteiger partial charge on any atom is 0.221 e. The summed E-state index contributed by atoms with van der Waals surface area (Å²) in [6.07, 6.45) is 3.70. The number of hydrogen-bond acceptors (Lipinski definition) is 4. The second-order valence-corrected chi connectivity index (χ2v) is 4.16. The zero-order chi connectivity index (χ0) is 10.9. The minimum Gasteiger partial charge on any atom is -0.481 e. The molecule has 1 aromatic heterocycles. The average molecular weight is 228 g/mol. The van der Waals surface area contributed by atoms with Crippen molar-refractivity contribution < 1.29 is 4.74 Å². The van der Waals surface area contributed by atoms with Crippen LogP contribution in [0.2, 0.25) is 0 Å². The molecule has 1 fully saturated rings. The van der Waals surface area contributed by atoms with E-state index in [4.69, 9.17) is 16.3 Å². The van der Waals surface area contributed by atoms with Gasteiger partial charge in [-0.2, -0.15) is 0 Å². The Morgan fingerprint density at radius 2 is 2.27 bits per heavy atom. The molecular formula is C10H14ClN3O. The monoisotopic (exact) mass is 227 g/mol. The standard InChI is InChI=1S/C10H14ClN3O/c1-7-8(12-6-13-9(7)15-2)14-10(5-11)3-4-10/h6H,3-5H2,1-2H3,(H,12,13,14). The Labute approximate surface area is 94.0 Å². The fourth-order valence-corrected chi connectivity index (χ4v) is 1.79. The molecule has 82 valence electrons. The fraction of sp³-hybridized carbons (Fsp3) is 0.600. The van der Waals surface area contributed by atoms with Crippen LogP contribution in [0.15, 0.2) is 6.33 Å². The normalized spacial score (nSPS) is 17.3. The minimum atomic E-state index is 0.0473. The predicted molar refractivity (Wildman–Crippen MR) is 59.6 cm³/mol. The van der Waals surface area contributed by atoms with Crippen LogP contribution in [0.25, 0.3) is 0 Å². The number of ether oxygens (including phenoxy) is 1. The number of halogens is 1.